The molecule has 1 atom stereocenters. The van der Waals surface area contributed by atoms with Gasteiger partial charge in [-0.05, 0) is 31.5 Å². The lowest BCUT2D eigenvalue weighted by Gasteiger charge is -2.14. The molecule has 0 bridgehead atoms. The fraction of sp³-hybridized carbons (Fsp3) is 0.312. The van der Waals surface area contributed by atoms with Crippen LogP contribution in [0.3, 0.4) is 0 Å². The molecule has 1 aromatic carbocycles. The summed E-state index contributed by atoms with van der Waals surface area (Å²) in [7, 11) is 0. The number of halogens is 1. The van der Waals surface area contributed by atoms with Crippen LogP contribution in [-0.2, 0) is 16.3 Å². The van der Waals surface area contributed by atoms with E-state index in [2.05, 4.69) is 15.3 Å². The SMILES string of the molecule is Cc1c(Cl)cccc1NC(=O)C(C)Sc1nc2c(c(=O)[nH]1)CSC2. The van der Waals surface area contributed by atoms with Crippen molar-refractivity contribution in [3.05, 3.63) is 50.4 Å². The van der Waals surface area contributed by atoms with Crippen LogP contribution in [-0.4, -0.2) is 21.1 Å². The first-order valence-corrected chi connectivity index (χ1v) is 9.79. The molecule has 2 heterocycles. The van der Waals surface area contributed by atoms with E-state index < -0.39 is 5.25 Å². The lowest BCUT2D eigenvalue weighted by atomic mass is 10.2. The summed E-state index contributed by atoms with van der Waals surface area (Å²) < 4.78 is 0. The molecule has 0 radical (unpaired) electrons. The average molecular weight is 382 g/mol. The maximum atomic E-state index is 12.4. The number of nitrogens with zero attached hydrogens (tertiary/aromatic N) is 1. The summed E-state index contributed by atoms with van der Waals surface area (Å²) in [5.74, 6) is 1.28. The number of benzene rings is 1. The smallest absolute Gasteiger partial charge is 0.255 e. The molecule has 1 aromatic heterocycles. The number of aromatic amines is 1. The van der Waals surface area contributed by atoms with Crippen molar-refractivity contribution in [2.75, 3.05) is 5.32 Å². The van der Waals surface area contributed by atoms with Crippen molar-refractivity contribution in [3.8, 4) is 0 Å². The summed E-state index contributed by atoms with van der Waals surface area (Å²) in [4.78, 5) is 31.6. The molecule has 2 aromatic rings. The minimum atomic E-state index is -0.404. The van der Waals surface area contributed by atoms with Crippen LogP contribution in [0.5, 0.6) is 0 Å². The Morgan fingerprint density at radius 3 is 3.04 bits per heavy atom. The molecule has 1 aliphatic heterocycles. The van der Waals surface area contributed by atoms with Crippen LogP contribution in [0.15, 0.2) is 28.2 Å². The first-order valence-electron chi connectivity index (χ1n) is 7.38. The van der Waals surface area contributed by atoms with Crippen molar-refractivity contribution in [1.29, 1.82) is 0 Å². The second-order valence-corrected chi connectivity index (χ2v) is 8.17. The molecule has 24 heavy (non-hydrogen) atoms. The monoisotopic (exact) mass is 381 g/mol. The highest BCUT2D eigenvalue weighted by atomic mass is 35.5. The number of nitrogens with one attached hydrogen (secondary N) is 2. The summed E-state index contributed by atoms with van der Waals surface area (Å²) >= 11 is 8.98. The van der Waals surface area contributed by atoms with E-state index in [9.17, 15) is 9.59 Å². The zero-order chi connectivity index (χ0) is 17.3. The summed E-state index contributed by atoms with van der Waals surface area (Å²) in [5.41, 5.74) is 2.98. The Balaban J connectivity index is 1.72. The lowest BCUT2D eigenvalue weighted by Crippen LogP contribution is -2.24. The van der Waals surface area contributed by atoms with Gasteiger partial charge < -0.3 is 10.3 Å². The van der Waals surface area contributed by atoms with Crippen molar-refractivity contribution in [2.45, 2.75) is 35.8 Å². The molecule has 0 aliphatic carbocycles. The van der Waals surface area contributed by atoms with Gasteiger partial charge in [-0.25, -0.2) is 4.98 Å². The number of aromatic nitrogens is 2. The van der Waals surface area contributed by atoms with Gasteiger partial charge in [-0.2, -0.15) is 11.8 Å². The molecule has 0 fully saturated rings. The number of amides is 1. The first kappa shape index (κ1) is 17.4. The summed E-state index contributed by atoms with van der Waals surface area (Å²) in [6.07, 6.45) is 0. The van der Waals surface area contributed by atoms with Gasteiger partial charge in [0.2, 0.25) is 5.91 Å². The predicted octanol–water partition coefficient (Wildman–Crippen LogP) is 3.60. The van der Waals surface area contributed by atoms with Crippen molar-refractivity contribution in [2.24, 2.45) is 0 Å². The fourth-order valence-electron chi connectivity index (χ4n) is 2.29. The van der Waals surface area contributed by atoms with Gasteiger partial charge in [0, 0.05) is 27.8 Å². The van der Waals surface area contributed by atoms with Crippen molar-refractivity contribution >= 4 is 46.7 Å². The van der Waals surface area contributed by atoms with E-state index >= 15 is 0 Å². The normalized spacial score (nSPS) is 14.3. The number of rotatable bonds is 4. The van der Waals surface area contributed by atoms with Crippen LogP contribution in [0.1, 0.15) is 23.7 Å². The topological polar surface area (TPSA) is 74.8 Å². The number of anilines is 1. The molecular weight excluding hydrogens is 366 g/mol. The molecule has 2 N–H and O–H groups in total. The van der Waals surface area contributed by atoms with Crippen LogP contribution < -0.4 is 10.9 Å². The Morgan fingerprint density at radius 2 is 2.25 bits per heavy atom. The predicted molar refractivity (Wildman–Crippen MR) is 100.0 cm³/mol. The maximum Gasteiger partial charge on any atom is 0.255 e. The molecular formula is C16H16ClN3O2S2. The fourth-order valence-corrected chi connectivity index (χ4v) is 4.32. The highest BCUT2D eigenvalue weighted by molar-refractivity contribution is 8.00. The lowest BCUT2D eigenvalue weighted by molar-refractivity contribution is -0.115. The van der Waals surface area contributed by atoms with E-state index in [1.165, 1.54) is 11.8 Å². The molecule has 1 unspecified atom stereocenters. The molecule has 5 nitrogen and oxygen atoms in total. The van der Waals surface area contributed by atoms with E-state index in [1.54, 1.807) is 30.8 Å². The molecule has 3 rings (SSSR count). The number of thioether (sulfide) groups is 2. The van der Waals surface area contributed by atoms with Gasteiger partial charge in [-0.3, -0.25) is 9.59 Å². The Kier molecular flexibility index (Phi) is 5.22. The summed E-state index contributed by atoms with van der Waals surface area (Å²) in [5, 5.41) is 3.55. The van der Waals surface area contributed by atoms with Crippen LogP contribution in [0.25, 0.3) is 0 Å². The largest absolute Gasteiger partial charge is 0.325 e. The van der Waals surface area contributed by atoms with Crippen LogP contribution in [0.2, 0.25) is 5.02 Å². The maximum absolute atomic E-state index is 12.4. The van der Waals surface area contributed by atoms with Gasteiger partial charge >= 0.3 is 0 Å². The third-order valence-corrected chi connectivity index (χ3v) is 6.11. The molecule has 0 spiro atoms. The van der Waals surface area contributed by atoms with Gasteiger partial charge in [0.1, 0.15) is 0 Å². The Hall–Kier alpha value is -1.44. The Bertz CT molecular complexity index is 854. The number of hydrogen-bond acceptors (Lipinski definition) is 5. The molecule has 0 saturated heterocycles. The van der Waals surface area contributed by atoms with Gasteiger partial charge in [0.15, 0.2) is 5.16 Å². The van der Waals surface area contributed by atoms with Crippen LogP contribution in [0.4, 0.5) is 5.69 Å². The van der Waals surface area contributed by atoms with Gasteiger partial charge in [-0.1, -0.05) is 29.4 Å². The van der Waals surface area contributed by atoms with E-state index in [-0.39, 0.29) is 11.5 Å². The number of H-pyrrole nitrogens is 1. The second kappa shape index (κ2) is 7.21. The highest BCUT2D eigenvalue weighted by Gasteiger charge is 2.21. The van der Waals surface area contributed by atoms with Gasteiger partial charge in [0.05, 0.1) is 10.9 Å². The quantitative estimate of drug-likeness (QED) is 0.625. The second-order valence-electron chi connectivity index (χ2n) is 5.45. The van der Waals surface area contributed by atoms with E-state index in [0.29, 0.717) is 21.6 Å². The van der Waals surface area contributed by atoms with Crippen LogP contribution in [0, 0.1) is 6.92 Å². The number of carbonyl (C=O) groups is 1. The number of fused-ring (bicyclic) bond motifs is 1. The molecule has 1 amide bonds. The molecule has 8 heteroatoms. The van der Waals surface area contributed by atoms with E-state index in [4.69, 9.17) is 11.6 Å². The minimum Gasteiger partial charge on any atom is -0.325 e. The van der Waals surface area contributed by atoms with Gasteiger partial charge in [-0.15, -0.1) is 0 Å². The molecule has 0 saturated carbocycles. The number of hydrogen-bond donors (Lipinski definition) is 2. The van der Waals surface area contributed by atoms with Crippen molar-refractivity contribution in [3.63, 3.8) is 0 Å². The zero-order valence-electron chi connectivity index (χ0n) is 13.2. The summed E-state index contributed by atoms with van der Waals surface area (Å²) in [6.45, 7) is 3.63. The molecule has 126 valence electrons. The first-order chi connectivity index (χ1) is 11.5. The van der Waals surface area contributed by atoms with Gasteiger partial charge in [0.25, 0.3) is 5.56 Å². The average Bonchev–Trinajstić information content (AvgIpc) is 3.00. The van der Waals surface area contributed by atoms with E-state index in [0.717, 1.165) is 22.6 Å². The van der Waals surface area contributed by atoms with Crippen molar-refractivity contribution in [1.82, 2.24) is 9.97 Å². The third kappa shape index (κ3) is 3.63. The van der Waals surface area contributed by atoms with Crippen LogP contribution >= 0.6 is 35.1 Å². The standard InChI is InChI=1S/C16H16ClN3O2S2/c1-8-11(17)4-3-5-12(8)18-14(21)9(2)24-16-19-13-7-23-6-10(13)15(22)20-16/h3-5,9H,6-7H2,1-2H3,(H,18,21)(H,19,20,22). The van der Waals surface area contributed by atoms with E-state index in [1.807, 2.05) is 13.0 Å². The van der Waals surface area contributed by atoms with Crippen molar-refractivity contribution < 1.29 is 4.79 Å². The summed E-state index contributed by atoms with van der Waals surface area (Å²) in [6, 6.07) is 5.38. The third-order valence-electron chi connectivity index (χ3n) is 3.75. The zero-order valence-corrected chi connectivity index (χ0v) is 15.6. The Morgan fingerprint density at radius 1 is 1.46 bits per heavy atom. The highest BCUT2D eigenvalue weighted by Crippen LogP contribution is 2.28. The minimum absolute atomic E-state index is 0.106. The molecule has 1 aliphatic rings. The Labute approximate surface area is 153 Å². The number of carbonyl (C=O) groups excluding carboxylic acids is 1.